The number of hydrogen-bond acceptors (Lipinski definition) is 6. The van der Waals surface area contributed by atoms with Crippen LogP contribution < -0.4 is 0 Å². The number of halogens is 1. The van der Waals surface area contributed by atoms with Crippen LogP contribution in [0.15, 0.2) is 47.3 Å². The topological polar surface area (TPSA) is 56.8 Å². The Kier molecular flexibility index (Phi) is 5.56. The van der Waals surface area contributed by atoms with Crippen LogP contribution in [0.4, 0.5) is 4.39 Å². The number of hydrogen-bond donors (Lipinski definition) is 0. The van der Waals surface area contributed by atoms with Crippen molar-refractivity contribution in [2.45, 2.75) is 6.04 Å². The highest BCUT2D eigenvalue weighted by molar-refractivity contribution is 7.12. The summed E-state index contributed by atoms with van der Waals surface area (Å²) >= 11 is 2.77. The molecule has 0 saturated carbocycles. The standard InChI is InChI=1S/C22H21FN4O2S2/c23-17-3-1-2-15(10-17)16-11-19(31-14-16)21(28)27-12-18(13-27)25-5-7-26(8-6-25)22(29)20-24-4-9-30-20/h1-4,9-11,14,18H,5-8,12-13H2. The lowest BCUT2D eigenvalue weighted by molar-refractivity contribution is 0.00879. The molecule has 160 valence electrons. The van der Waals surface area contributed by atoms with Crippen LogP contribution in [0.3, 0.4) is 0 Å². The van der Waals surface area contributed by atoms with Gasteiger partial charge in [0, 0.05) is 56.9 Å². The Bertz CT molecular complexity index is 1090. The molecule has 2 aromatic heterocycles. The first-order chi connectivity index (χ1) is 15.1. The lowest BCUT2D eigenvalue weighted by Crippen LogP contribution is -2.64. The SMILES string of the molecule is O=C(c1cc(-c2cccc(F)c2)cs1)N1CC(N2CCN(C(=O)c3nccs3)CC2)C1. The summed E-state index contributed by atoms with van der Waals surface area (Å²) in [7, 11) is 0. The molecule has 0 spiro atoms. The fourth-order valence-corrected chi connectivity index (χ4v) is 5.52. The Morgan fingerprint density at radius 2 is 1.77 bits per heavy atom. The fourth-order valence-electron chi connectivity index (χ4n) is 4.03. The summed E-state index contributed by atoms with van der Waals surface area (Å²) in [5.41, 5.74) is 1.65. The Morgan fingerprint density at radius 1 is 0.968 bits per heavy atom. The van der Waals surface area contributed by atoms with Gasteiger partial charge < -0.3 is 9.80 Å². The van der Waals surface area contributed by atoms with Gasteiger partial charge in [-0.2, -0.15) is 0 Å². The number of thiophene rings is 1. The van der Waals surface area contributed by atoms with Crippen LogP contribution in [0.2, 0.25) is 0 Å². The maximum atomic E-state index is 13.5. The molecule has 2 amide bonds. The molecule has 9 heteroatoms. The van der Waals surface area contributed by atoms with E-state index in [1.165, 1.54) is 34.8 Å². The minimum atomic E-state index is -0.282. The number of amides is 2. The fraction of sp³-hybridized carbons (Fsp3) is 0.318. The highest BCUT2D eigenvalue weighted by Crippen LogP contribution is 2.29. The molecule has 2 aliphatic rings. The van der Waals surface area contributed by atoms with Crippen LogP contribution in [-0.4, -0.2) is 76.8 Å². The van der Waals surface area contributed by atoms with Crippen molar-refractivity contribution in [2.75, 3.05) is 39.3 Å². The molecule has 0 N–H and O–H groups in total. The van der Waals surface area contributed by atoms with Crippen molar-refractivity contribution in [3.05, 3.63) is 63.0 Å². The summed E-state index contributed by atoms with van der Waals surface area (Å²) < 4.78 is 13.5. The molecular formula is C22H21FN4O2S2. The van der Waals surface area contributed by atoms with E-state index in [1.54, 1.807) is 12.3 Å². The van der Waals surface area contributed by atoms with E-state index >= 15 is 0 Å². The first kappa shape index (κ1) is 20.3. The molecule has 31 heavy (non-hydrogen) atoms. The monoisotopic (exact) mass is 456 g/mol. The Hall–Kier alpha value is -2.62. The van der Waals surface area contributed by atoms with Gasteiger partial charge in [0.1, 0.15) is 5.82 Å². The second-order valence-corrected chi connectivity index (χ2v) is 9.55. The number of rotatable bonds is 4. The van der Waals surface area contributed by atoms with Gasteiger partial charge in [-0.25, -0.2) is 9.37 Å². The molecule has 0 aliphatic carbocycles. The first-order valence-corrected chi connectivity index (χ1v) is 11.9. The number of piperazine rings is 1. The summed E-state index contributed by atoms with van der Waals surface area (Å²) in [5.74, 6) is -0.246. The largest absolute Gasteiger partial charge is 0.335 e. The maximum Gasteiger partial charge on any atom is 0.282 e. The maximum absolute atomic E-state index is 13.5. The van der Waals surface area contributed by atoms with E-state index in [0.717, 1.165) is 24.2 Å². The van der Waals surface area contributed by atoms with E-state index < -0.39 is 0 Å². The van der Waals surface area contributed by atoms with Crippen LogP contribution >= 0.6 is 22.7 Å². The second kappa shape index (κ2) is 8.49. The van der Waals surface area contributed by atoms with Crippen molar-refractivity contribution in [3.63, 3.8) is 0 Å². The molecule has 0 atom stereocenters. The molecule has 2 saturated heterocycles. The predicted octanol–water partition coefficient (Wildman–Crippen LogP) is 3.29. The Labute approximate surface area is 187 Å². The number of likely N-dealkylation sites (tertiary alicyclic amines) is 1. The van der Waals surface area contributed by atoms with Gasteiger partial charge in [0.05, 0.1) is 4.88 Å². The minimum Gasteiger partial charge on any atom is -0.335 e. The Morgan fingerprint density at radius 3 is 2.48 bits per heavy atom. The predicted molar refractivity (Wildman–Crippen MR) is 119 cm³/mol. The average molecular weight is 457 g/mol. The number of nitrogens with zero attached hydrogens (tertiary/aromatic N) is 4. The van der Waals surface area contributed by atoms with Crippen molar-refractivity contribution in [1.82, 2.24) is 19.7 Å². The zero-order valence-electron chi connectivity index (χ0n) is 16.7. The van der Waals surface area contributed by atoms with Crippen molar-refractivity contribution >= 4 is 34.5 Å². The molecule has 1 aromatic carbocycles. The van der Waals surface area contributed by atoms with Crippen molar-refractivity contribution in [1.29, 1.82) is 0 Å². The van der Waals surface area contributed by atoms with Crippen LogP contribution in [0, 0.1) is 5.82 Å². The molecule has 2 fully saturated rings. The smallest absolute Gasteiger partial charge is 0.282 e. The summed E-state index contributed by atoms with van der Waals surface area (Å²) in [5, 5.41) is 4.26. The highest BCUT2D eigenvalue weighted by atomic mass is 32.1. The lowest BCUT2D eigenvalue weighted by atomic mass is 10.0. The van der Waals surface area contributed by atoms with Crippen molar-refractivity contribution in [2.24, 2.45) is 0 Å². The van der Waals surface area contributed by atoms with E-state index in [-0.39, 0.29) is 17.6 Å². The summed E-state index contributed by atoms with van der Waals surface area (Å²) in [6, 6.07) is 8.60. The van der Waals surface area contributed by atoms with E-state index in [2.05, 4.69) is 9.88 Å². The molecular weight excluding hydrogens is 435 g/mol. The van der Waals surface area contributed by atoms with Gasteiger partial charge in [-0.15, -0.1) is 22.7 Å². The summed E-state index contributed by atoms with van der Waals surface area (Å²) in [6.45, 7) is 4.40. The second-order valence-electron chi connectivity index (χ2n) is 7.74. The molecule has 5 rings (SSSR count). The third-order valence-electron chi connectivity index (χ3n) is 5.85. The van der Waals surface area contributed by atoms with E-state index in [0.29, 0.717) is 42.1 Å². The van der Waals surface area contributed by atoms with Gasteiger partial charge in [0.25, 0.3) is 11.8 Å². The van der Waals surface area contributed by atoms with E-state index in [1.807, 2.05) is 32.7 Å². The lowest BCUT2D eigenvalue weighted by Gasteiger charge is -2.47. The third-order valence-corrected chi connectivity index (χ3v) is 7.53. The van der Waals surface area contributed by atoms with Gasteiger partial charge in [-0.3, -0.25) is 14.5 Å². The van der Waals surface area contributed by atoms with Crippen molar-refractivity contribution in [3.8, 4) is 11.1 Å². The van der Waals surface area contributed by atoms with Gasteiger partial charge in [-0.05, 0) is 34.7 Å². The van der Waals surface area contributed by atoms with Crippen LogP contribution in [0.5, 0.6) is 0 Å². The molecule has 0 unspecified atom stereocenters. The highest BCUT2D eigenvalue weighted by Gasteiger charge is 2.37. The minimum absolute atomic E-state index is 0.00635. The number of carbonyl (C=O) groups is 2. The molecule has 2 aliphatic heterocycles. The number of benzene rings is 1. The third kappa shape index (κ3) is 4.13. The van der Waals surface area contributed by atoms with Gasteiger partial charge in [0.2, 0.25) is 0 Å². The molecule has 6 nitrogen and oxygen atoms in total. The molecule has 4 heterocycles. The number of carbonyl (C=O) groups excluding carboxylic acids is 2. The quantitative estimate of drug-likeness (QED) is 0.605. The summed E-state index contributed by atoms with van der Waals surface area (Å²) in [4.78, 5) is 36.1. The summed E-state index contributed by atoms with van der Waals surface area (Å²) in [6.07, 6.45) is 1.66. The zero-order valence-corrected chi connectivity index (χ0v) is 18.4. The Balaban J connectivity index is 1.13. The molecule has 0 radical (unpaired) electrons. The van der Waals surface area contributed by atoms with Gasteiger partial charge in [-0.1, -0.05) is 12.1 Å². The normalized spacial score (nSPS) is 17.6. The molecule has 0 bridgehead atoms. The molecule has 3 aromatic rings. The van der Waals surface area contributed by atoms with Crippen molar-refractivity contribution < 1.29 is 14.0 Å². The zero-order chi connectivity index (χ0) is 21.4. The number of aromatic nitrogens is 1. The van der Waals surface area contributed by atoms with E-state index in [9.17, 15) is 14.0 Å². The average Bonchev–Trinajstić information content (AvgIpc) is 3.45. The van der Waals surface area contributed by atoms with E-state index in [4.69, 9.17) is 0 Å². The number of thiazole rings is 1. The first-order valence-electron chi connectivity index (χ1n) is 10.1. The van der Waals surface area contributed by atoms with Crippen LogP contribution in [0.25, 0.3) is 11.1 Å². The van der Waals surface area contributed by atoms with Crippen LogP contribution in [-0.2, 0) is 0 Å². The van der Waals surface area contributed by atoms with Gasteiger partial charge >= 0.3 is 0 Å². The van der Waals surface area contributed by atoms with Crippen LogP contribution in [0.1, 0.15) is 19.5 Å². The van der Waals surface area contributed by atoms with Gasteiger partial charge in [0.15, 0.2) is 5.01 Å².